The van der Waals surface area contributed by atoms with Gasteiger partial charge in [0.25, 0.3) is 13.4 Å². The largest absolute Gasteiger partial charge is 0.440 e. The fraction of sp³-hybridized carbons (Fsp3) is 0.238. The van der Waals surface area contributed by atoms with Gasteiger partial charge in [0, 0.05) is 45.8 Å². The van der Waals surface area contributed by atoms with Gasteiger partial charge in [0.2, 0.25) is 11.8 Å². The Labute approximate surface area is 555 Å². The van der Waals surface area contributed by atoms with Gasteiger partial charge in [-0.15, -0.1) is 0 Å². The molecule has 2 aliphatic carbocycles. The molecule has 0 amide bonds. The zero-order chi connectivity index (χ0) is 64.5. The van der Waals surface area contributed by atoms with Crippen molar-refractivity contribution >= 4 is 115 Å². The van der Waals surface area contributed by atoms with E-state index in [0.717, 1.165) is 139 Å². The van der Waals surface area contributed by atoms with E-state index in [-0.39, 0.29) is 35.1 Å². The van der Waals surface area contributed by atoms with E-state index in [1.165, 1.54) is 44.3 Å². The van der Waals surface area contributed by atoms with Crippen LogP contribution in [0.1, 0.15) is 126 Å². The Balaban J connectivity index is 0.939. The van der Waals surface area contributed by atoms with Crippen LogP contribution < -0.4 is 61.9 Å². The lowest BCUT2D eigenvalue weighted by atomic mass is 9.31. The van der Waals surface area contributed by atoms with Gasteiger partial charge in [0.05, 0.1) is 34.1 Å². The molecule has 9 aromatic carbocycles. The molecule has 0 N–H and O–H groups in total. The average molecular weight is 1230 g/mol. The molecule has 0 spiro atoms. The summed E-state index contributed by atoms with van der Waals surface area (Å²) in [5, 5.41) is 0. The zero-order valence-corrected chi connectivity index (χ0v) is 56.1. The molecule has 0 atom stereocenters. The van der Waals surface area contributed by atoms with Gasteiger partial charge in [0.1, 0.15) is 23.1 Å². The first-order valence-electron chi connectivity index (χ1n) is 33.8. The molecule has 10 heteroatoms. The van der Waals surface area contributed by atoms with Crippen LogP contribution in [-0.2, 0) is 21.7 Å². The highest BCUT2D eigenvalue weighted by molar-refractivity contribution is 7.02. The van der Waals surface area contributed by atoms with E-state index >= 15 is 0 Å². The Morgan fingerprint density at radius 2 is 0.691 bits per heavy atom. The number of ether oxygens (including phenoxy) is 2. The monoisotopic (exact) mass is 1220 g/mol. The molecule has 0 unspecified atom stereocenters. The quantitative estimate of drug-likeness (QED) is 0.140. The number of hydrogen-bond donors (Lipinski definition) is 0. The van der Waals surface area contributed by atoms with Crippen molar-refractivity contribution in [1.82, 2.24) is 9.97 Å². The van der Waals surface area contributed by atoms with Crippen LogP contribution in [0.4, 0.5) is 68.5 Å². The molecule has 0 saturated carbocycles. The Bertz CT molecular complexity index is 4670. The van der Waals surface area contributed by atoms with Gasteiger partial charge in [-0.1, -0.05) is 183 Å². The third kappa shape index (κ3) is 8.80. The summed E-state index contributed by atoms with van der Waals surface area (Å²) < 4.78 is 14.6. The van der Waals surface area contributed by atoms with Crippen molar-refractivity contribution in [2.75, 3.05) is 19.6 Å². The summed E-state index contributed by atoms with van der Waals surface area (Å²) >= 11 is 0. The highest BCUT2D eigenvalue weighted by atomic mass is 16.5. The number of aromatic nitrogens is 2. The van der Waals surface area contributed by atoms with Crippen LogP contribution in [0.5, 0.6) is 23.3 Å². The van der Waals surface area contributed by atoms with E-state index < -0.39 is 0 Å². The highest BCUT2D eigenvalue weighted by Crippen LogP contribution is 2.54. The number of pyridine rings is 2. The second kappa shape index (κ2) is 20.9. The van der Waals surface area contributed by atoms with Crippen LogP contribution in [0, 0.1) is 27.7 Å². The fourth-order valence-corrected chi connectivity index (χ4v) is 16.8. The van der Waals surface area contributed by atoms with Crippen LogP contribution in [-0.4, -0.2) is 23.4 Å². The van der Waals surface area contributed by atoms with Crippen LogP contribution >= 0.6 is 0 Å². The lowest BCUT2D eigenvalue weighted by Gasteiger charge is -2.44. The van der Waals surface area contributed by atoms with E-state index in [0.29, 0.717) is 11.8 Å². The number of hydrogen-bond acceptors (Lipinski definition) is 8. The lowest BCUT2D eigenvalue weighted by Crippen LogP contribution is -2.64. The second-order valence-electron chi connectivity index (χ2n) is 30.0. The number of para-hydroxylation sites is 6. The summed E-state index contributed by atoms with van der Waals surface area (Å²) in [6.07, 6.45) is 4.49. The predicted molar refractivity (Wildman–Crippen MR) is 393 cm³/mol. The SMILES string of the molecule is Cc1ccccc1N(c1cc2c3c(n1)Oc1ccccc1B3c1cc3c(cc1N2c1ccccc1)N(c1ccccc1)c1cc(N(c2ccccc2C)c2cc4c(cc2C)C(C)(C)CCC4(C)C)nc2c1B3c1ccccc1O2)c1cc2c(cc1C)C(C)(C)CCC2(C)C. The van der Waals surface area contributed by atoms with Crippen LogP contribution in [0.25, 0.3) is 0 Å². The molecule has 6 heterocycles. The molecule has 0 radical (unpaired) electrons. The number of nitrogens with zero attached hydrogens (tertiary/aromatic N) is 6. The van der Waals surface area contributed by atoms with E-state index in [4.69, 9.17) is 19.4 Å². The Kier molecular flexibility index (Phi) is 12.9. The maximum atomic E-state index is 7.30. The number of fused-ring (bicyclic) bond motifs is 10. The van der Waals surface area contributed by atoms with Gasteiger partial charge in [0.15, 0.2) is 0 Å². The molecule has 462 valence electrons. The van der Waals surface area contributed by atoms with Crippen molar-refractivity contribution in [3.05, 3.63) is 251 Å². The van der Waals surface area contributed by atoms with Crippen molar-refractivity contribution in [3.8, 4) is 23.3 Å². The summed E-state index contributed by atoms with van der Waals surface area (Å²) in [4.78, 5) is 21.5. The summed E-state index contributed by atoms with van der Waals surface area (Å²) in [7, 11) is 0. The van der Waals surface area contributed by atoms with Crippen molar-refractivity contribution in [2.24, 2.45) is 0 Å². The minimum atomic E-state index is -0.253. The van der Waals surface area contributed by atoms with Gasteiger partial charge < -0.3 is 19.3 Å². The van der Waals surface area contributed by atoms with Gasteiger partial charge >= 0.3 is 0 Å². The molecule has 11 aromatic rings. The molecule has 0 saturated heterocycles. The van der Waals surface area contributed by atoms with Crippen molar-refractivity contribution in [1.29, 1.82) is 0 Å². The van der Waals surface area contributed by atoms with E-state index in [1.807, 2.05) is 0 Å². The van der Waals surface area contributed by atoms with Crippen LogP contribution in [0.2, 0.25) is 0 Å². The van der Waals surface area contributed by atoms with E-state index in [1.54, 1.807) is 0 Å². The zero-order valence-electron chi connectivity index (χ0n) is 56.1. The fourth-order valence-electron chi connectivity index (χ4n) is 16.8. The topological polar surface area (TPSA) is 57.2 Å². The highest BCUT2D eigenvalue weighted by Gasteiger charge is 2.49. The number of anilines is 12. The number of benzene rings is 9. The van der Waals surface area contributed by atoms with E-state index in [2.05, 4.69) is 309 Å². The van der Waals surface area contributed by atoms with Crippen molar-refractivity contribution < 1.29 is 9.47 Å². The molecular weight excluding hydrogens is 1150 g/mol. The maximum absolute atomic E-state index is 7.30. The standard InChI is InChI=1S/C84H78B2N6O2/c1-51-27-19-23-35-65(51)91(67-45-59-57(43-53(67)3)81(5,6)39-41-83(59,9)10)75-49-71-77-79(87-75)93-73-37-25-21-33-61(73)85(77)63-47-64-70(48-69(63)89(71)55-29-15-13-16-30-55)90(56-31-17-14-18-32-56)72-50-76(88-80-78(72)86(64)62-34-22-26-38-74(62)94-80)92(66-36-24-20-28-52(66)2)68-46-60-58(44-54(68)4)82(7,8)40-42-84(60,11)12/h13-38,43-50H,39-42H2,1-12H3. The predicted octanol–water partition coefficient (Wildman–Crippen LogP) is 18.2. The van der Waals surface area contributed by atoms with Crippen molar-refractivity contribution in [3.63, 3.8) is 0 Å². The van der Waals surface area contributed by atoms with Crippen molar-refractivity contribution in [2.45, 2.75) is 130 Å². The molecule has 94 heavy (non-hydrogen) atoms. The molecule has 0 fully saturated rings. The number of rotatable bonds is 8. The molecule has 6 aliphatic rings. The molecule has 8 nitrogen and oxygen atoms in total. The van der Waals surface area contributed by atoms with E-state index in [9.17, 15) is 0 Å². The molecule has 0 bridgehead atoms. The summed E-state index contributed by atoms with van der Waals surface area (Å²) in [5.74, 6) is 4.37. The third-order valence-electron chi connectivity index (χ3n) is 22.2. The third-order valence-corrected chi connectivity index (χ3v) is 22.2. The average Bonchev–Trinajstić information content (AvgIpc) is 0.693. The molecule has 2 aromatic heterocycles. The Morgan fingerprint density at radius 3 is 1.09 bits per heavy atom. The maximum Gasteiger partial charge on any atom is 0.258 e. The van der Waals surface area contributed by atoms with Crippen LogP contribution in [0.15, 0.2) is 206 Å². The minimum absolute atomic E-state index is 0.0244. The first-order chi connectivity index (χ1) is 45.2. The Hall–Kier alpha value is -9.79. The molecule has 4 aliphatic heterocycles. The second-order valence-corrected chi connectivity index (χ2v) is 30.0. The van der Waals surface area contributed by atoms with Gasteiger partial charge in [-0.05, 0) is 208 Å². The van der Waals surface area contributed by atoms with Gasteiger partial charge in [-0.2, -0.15) is 9.97 Å². The van der Waals surface area contributed by atoms with Gasteiger partial charge in [-0.25, -0.2) is 0 Å². The Morgan fingerprint density at radius 1 is 0.340 bits per heavy atom. The van der Waals surface area contributed by atoms with Gasteiger partial charge in [-0.3, -0.25) is 9.80 Å². The van der Waals surface area contributed by atoms with Crippen LogP contribution in [0.3, 0.4) is 0 Å². The lowest BCUT2D eigenvalue weighted by molar-refractivity contribution is 0.332. The summed E-state index contributed by atoms with van der Waals surface area (Å²) in [5.41, 5.74) is 27.6. The summed E-state index contributed by atoms with van der Waals surface area (Å²) in [6, 6.07) is 76.3. The number of aryl methyl sites for hydroxylation is 4. The molecular formula is C84H78B2N6O2. The molecule has 17 rings (SSSR count). The first kappa shape index (κ1) is 58.1. The summed E-state index contributed by atoms with van der Waals surface area (Å²) in [6.45, 7) is 27.8. The minimum Gasteiger partial charge on any atom is -0.440 e. The normalized spacial score (nSPS) is 16.6. The smallest absolute Gasteiger partial charge is 0.258 e. The first-order valence-corrected chi connectivity index (χ1v) is 33.8.